The number of benzene rings is 1. The summed E-state index contributed by atoms with van der Waals surface area (Å²) in [5.41, 5.74) is 17.1. The average Bonchev–Trinajstić information content (AvgIpc) is 3.53. The lowest BCUT2D eigenvalue weighted by atomic mass is 9.90. The second kappa shape index (κ2) is 10.7. The molecule has 39 heavy (non-hydrogen) atoms. The fourth-order valence-corrected chi connectivity index (χ4v) is 7.21. The molecule has 0 atom stereocenters. The predicted molar refractivity (Wildman–Crippen MR) is 158 cm³/mol. The van der Waals surface area contributed by atoms with Gasteiger partial charge in [0.1, 0.15) is 23.6 Å². The van der Waals surface area contributed by atoms with Crippen molar-refractivity contribution >= 4 is 33.9 Å². The van der Waals surface area contributed by atoms with Crippen LogP contribution in [0, 0.1) is 6.92 Å². The van der Waals surface area contributed by atoms with Crippen LogP contribution in [-0.4, -0.2) is 75.9 Å². The van der Waals surface area contributed by atoms with Crippen molar-refractivity contribution in [1.29, 1.82) is 0 Å². The smallest absolute Gasteiger partial charge is 0.164 e. The molecule has 0 radical (unpaired) electrons. The van der Waals surface area contributed by atoms with Crippen molar-refractivity contribution in [2.75, 3.05) is 51.8 Å². The van der Waals surface area contributed by atoms with Crippen LogP contribution in [-0.2, 0) is 6.42 Å². The lowest BCUT2D eigenvalue weighted by Crippen LogP contribution is -2.49. The summed E-state index contributed by atoms with van der Waals surface area (Å²) in [5.74, 6) is 1.10. The number of ether oxygens (including phenoxy) is 1. The monoisotopic (exact) mass is 546 g/mol. The summed E-state index contributed by atoms with van der Waals surface area (Å²) in [6.45, 7) is 6.75. The SMILES string of the molecule is COc1c(Cc2ccc(C)s2)ccc(-c2nn(C3CCC(N4CCN(C)CC4)CC3)c3ncnc(N)c23)c1N. The Labute approximate surface area is 233 Å². The number of nitrogens with zero attached hydrogens (tertiary/aromatic N) is 6. The van der Waals surface area contributed by atoms with Crippen molar-refractivity contribution in [3.8, 4) is 17.0 Å². The quantitative estimate of drug-likeness (QED) is 0.343. The molecule has 9 nitrogen and oxygen atoms in total. The first-order valence-electron chi connectivity index (χ1n) is 13.8. The maximum atomic E-state index is 6.76. The second-order valence-corrected chi connectivity index (χ2v) is 12.3. The van der Waals surface area contributed by atoms with E-state index in [2.05, 4.69) is 56.6 Å². The Bertz CT molecular complexity index is 1460. The molecule has 2 fully saturated rings. The van der Waals surface area contributed by atoms with Crippen molar-refractivity contribution in [3.05, 3.63) is 45.9 Å². The molecular formula is C29H38N8OS. The maximum absolute atomic E-state index is 6.76. The van der Waals surface area contributed by atoms with Gasteiger partial charge in [-0.15, -0.1) is 11.3 Å². The highest BCUT2D eigenvalue weighted by molar-refractivity contribution is 7.11. The van der Waals surface area contributed by atoms with E-state index in [0.717, 1.165) is 73.3 Å². The fourth-order valence-electron chi connectivity index (χ4n) is 6.29. The minimum atomic E-state index is 0.267. The van der Waals surface area contributed by atoms with Crippen LogP contribution in [0.1, 0.15) is 47.0 Å². The predicted octanol–water partition coefficient (Wildman–Crippen LogP) is 4.36. The number of fused-ring (bicyclic) bond motifs is 1. The van der Waals surface area contributed by atoms with Gasteiger partial charge in [0.15, 0.2) is 5.65 Å². The summed E-state index contributed by atoms with van der Waals surface area (Å²) in [6, 6.07) is 9.35. The summed E-state index contributed by atoms with van der Waals surface area (Å²) in [5, 5.41) is 5.88. The van der Waals surface area contributed by atoms with E-state index in [4.69, 9.17) is 21.3 Å². The van der Waals surface area contributed by atoms with Crippen molar-refractivity contribution in [1.82, 2.24) is 29.5 Å². The minimum Gasteiger partial charge on any atom is -0.494 e. The molecule has 10 heteroatoms. The van der Waals surface area contributed by atoms with Crippen LogP contribution in [0.3, 0.4) is 0 Å². The van der Waals surface area contributed by atoms with Crippen molar-refractivity contribution in [3.63, 3.8) is 0 Å². The Morgan fingerprint density at radius 3 is 2.41 bits per heavy atom. The first-order valence-corrected chi connectivity index (χ1v) is 14.7. The van der Waals surface area contributed by atoms with Crippen LogP contribution >= 0.6 is 11.3 Å². The number of thiophene rings is 1. The summed E-state index contributed by atoms with van der Waals surface area (Å²) in [7, 11) is 3.88. The third kappa shape index (κ3) is 4.97. The number of aromatic nitrogens is 4. The van der Waals surface area contributed by atoms with Gasteiger partial charge < -0.3 is 21.1 Å². The van der Waals surface area contributed by atoms with E-state index in [1.165, 1.54) is 28.9 Å². The minimum absolute atomic E-state index is 0.267. The lowest BCUT2D eigenvalue weighted by molar-refractivity contribution is 0.0815. The molecule has 0 unspecified atom stereocenters. The largest absolute Gasteiger partial charge is 0.494 e. The standard InChI is InChI=1S/C29H38N8OS/c1-18-4-10-22(39-18)16-19-5-11-23(25(30)27(19)38-3)26-24-28(31)32-17-33-29(24)37(34-26)21-8-6-20(7-9-21)36-14-12-35(2)13-15-36/h4-5,10-11,17,20-21H,6-9,12-16,30H2,1-3H3,(H2,31,32,33). The van der Waals surface area contributed by atoms with E-state index in [1.807, 2.05) is 6.07 Å². The topological polar surface area (TPSA) is 111 Å². The maximum Gasteiger partial charge on any atom is 0.164 e. The Hall–Kier alpha value is -3.21. The molecule has 1 aliphatic carbocycles. The summed E-state index contributed by atoms with van der Waals surface area (Å²) in [6.07, 6.45) is 6.76. The van der Waals surface area contributed by atoms with E-state index in [-0.39, 0.29) is 6.04 Å². The average molecular weight is 547 g/mol. The number of hydrogen-bond acceptors (Lipinski definition) is 9. The summed E-state index contributed by atoms with van der Waals surface area (Å²) < 4.78 is 7.91. The zero-order chi connectivity index (χ0) is 27.1. The molecule has 1 saturated carbocycles. The van der Waals surface area contributed by atoms with Gasteiger partial charge in [-0.05, 0) is 51.8 Å². The number of aryl methyl sites for hydroxylation is 1. The number of nitrogen functional groups attached to an aromatic ring is 2. The number of piperazine rings is 1. The number of hydrogen-bond donors (Lipinski definition) is 2. The molecule has 6 rings (SSSR count). The van der Waals surface area contributed by atoms with Crippen molar-refractivity contribution < 1.29 is 4.74 Å². The highest BCUT2D eigenvalue weighted by atomic mass is 32.1. The highest BCUT2D eigenvalue weighted by Gasteiger charge is 2.31. The van der Waals surface area contributed by atoms with Crippen LogP contribution in [0.4, 0.5) is 11.5 Å². The molecule has 1 saturated heterocycles. The molecule has 4 aromatic rings. The number of likely N-dealkylation sites (N-methyl/N-ethyl adjacent to an activating group) is 1. The third-order valence-corrected chi connectivity index (χ3v) is 9.48. The number of methoxy groups -OCH3 is 1. The zero-order valence-electron chi connectivity index (χ0n) is 23.1. The second-order valence-electron chi connectivity index (χ2n) is 11.0. The van der Waals surface area contributed by atoms with E-state index >= 15 is 0 Å². The number of anilines is 2. The Balaban J connectivity index is 1.31. The zero-order valence-corrected chi connectivity index (χ0v) is 23.9. The van der Waals surface area contributed by atoms with Crippen molar-refractivity contribution in [2.45, 2.75) is 51.1 Å². The number of rotatable bonds is 6. The molecule has 1 aromatic carbocycles. The normalized spacial score (nSPS) is 21.0. The molecule has 4 N–H and O–H groups in total. The molecule has 0 amide bonds. The van der Waals surface area contributed by atoms with E-state index in [0.29, 0.717) is 23.3 Å². The van der Waals surface area contributed by atoms with Crippen LogP contribution in [0.2, 0.25) is 0 Å². The van der Waals surface area contributed by atoms with Gasteiger partial charge in [0, 0.05) is 59.5 Å². The van der Waals surface area contributed by atoms with Crippen LogP contribution < -0.4 is 16.2 Å². The first-order chi connectivity index (χ1) is 18.9. The van der Waals surface area contributed by atoms with Crippen LogP contribution in [0.25, 0.3) is 22.3 Å². The Morgan fingerprint density at radius 2 is 1.72 bits per heavy atom. The van der Waals surface area contributed by atoms with Gasteiger partial charge in [-0.25, -0.2) is 14.6 Å². The molecule has 206 valence electrons. The van der Waals surface area contributed by atoms with Gasteiger partial charge in [-0.2, -0.15) is 5.10 Å². The van der Waals surface area contributed by atoms with Crippen LogP contribution in [0.5, 0.6) is 5.75 Å². The third-order valence-electron chi connectivity index (χ3n) is 8.48. The Kier molecular flexibility index (Phi) is 7.18. The summed E-state index contributed by atoms with van der Waals surface area (Å²) in [4.78, 5) is 16.6. The molecule has 0 bridgehead atoms. The Morgan fingerprint density at radius 1 is 0.974 bits per heavy atom. The van der Waals surface area contributed by atoms with E-state index < -0.39 is 0 Å². The van der Waals surface area contributed by atoms with Crippen molar-refractivity contribution in [2.24, 2.45) is 0 Å². The van der Waals surface area contributed by atoms with Gasteiger partial charge in [0.05, 0.1) is 24.2 Å². The van der Waals surface area contributed by atoms with E-state index in [1.54, 1.807) is 18.4 Å². The van der Waals surface area contributed by atoms with Gasteiger partial charge in [0.2, 0.25) is 0 Å². The van der Waals surface area contributed by atoms with Gasteiger partial charge in [-0.1, -0.05) is 12.1 Å². The molecule has 3 aromatic heterocycles. The van der Waals surface area contributed by atoms with Crippen LogP contribution in [0.15, 0.2) is 30.6 Å². The molecule has 4 heterocycles. The molecule has 0 spiro atoms. The van der Waals surface area contributed by atoms with E-state index in [9.17, 15) is 0 Å². The highest BCUT2D eigenvalue weighted by Crippen LogP contribution is 2.42. The number of nitrogens with two attached hydrogens (primary N) is 2. The lowest BCUT2D eigenvalue weighted by Gasteiger charge is -2.41. The molecule has 2 aliphatic rings. The summed E-state index contributed by atoms with van der Waals surface area (Å²) >= 11 is 1.79. The van der Waals surface area contributed by atoms with Gasteiger partial charge >= 0.3 is 0 Å². The van der Waals surface area contributed by atoms with Gasteiger partial charge in [-0.3, -0.25) is 4.90 Å². The first kappa shape index (κ1) is 26.0. The fraction of sp³-hybridized carbons (Fsp3) is 0.483. The van der Waals surface area contributed by atoms with Gasteiger partial charge in [0.25, 0.3) is 0 Å². The molecular weight excluding hydrogens is 508 g/mol. The molecule has 1 aliphatic heterocycles.